The number of hydrogen-bond donors (Lipinski definition) is 0. The zero-order valence-corrected chi connectivity index (χ0v) is 7.79. The Labute approximate surface area is 74.8 Å². The summed E-state index contributed by atoms with van der Waals surface area (Å²) in [5.74, 6) is 0. The Morgan fingerprint density at radius 3 is 3.25 bits per heavy atom. The lowest BCUT2D eigenvalue weighted by molar-refractivity contribution is 0.313. The molecule has 0 aromatic heterocycles. The van der Waals surface area contributed by atoms with Gasteiger partial charge in [0.15, 0.2) is 0 Å². The summed E-state index contributed by atoms with van der Waals surface area (Å²) in [5.41, 5.74) is 1.51. The topological polar surface area (TPSA) is 3.24 Å². The predicted octanol–water partition coefficient (Wildman–Crippen LogP) is 2.70. The van der Waals surface area contributed by atoms with Gasteiger partial charge in [0.05, 0.1) is 0 Å². The van der Waals surface area contributed by atoms with Crippen molar-refractivity contribution in [3.05, 3.63) is 23.9 Å². The van der Waals surface area contributed by atoms with Crippen LogP contribution in [0.5, 0.6) is 0 Å². The van der Waals surface area contributed by atoms with Crippen LogP contribution in [0.2, 0.25) is 0 Å². The second-order valence-corrected chi connectivity index (χ2v) is 3.78. The lowest BCUT2D eigenvalue weighted by Gasteiger charge is -2.28. The van der Waals surface area contributed by atoms with Gasteiger partial charge in [0.1, 0.15) is 0 Å². The molecule has 1 heteroatoms. The van der Waals surface area contributed by atoms with Gasteiger partial charge >= 0.3 is 0 Å². The minimum Gasteiger partial charge on any atom is -0.374 e. The first kappa shape index (κ1) is 7.90. The summed E-state index contributed by atoms with van der Waals surface area (Å²) in [6.07, 6.45) is 12.2. The number of nitrogens with zero attached hydrogens (tertiary/aromatic N) is 1. The van der Waals surface area contributed by atoms with Crippen LogP contribution in [0.15, 0.2) is 23.9 Å². The fraction of sp³-hybridized carbons (Fsp3) is 0.636. The highest BCUT2D eigenvalue weighted by molar-refractivity contribution is 5.21. The maximum atomic E-state index is 2.53. The van der Waals surface area contributed by atoms with Gasteiger partial charge in [-0.1, -0.05) is 12.2 Å². The molecular weight excluding hydrogens is 146 g/mol. The standard InChI is InChI=1S/C11H17N/c1-2-4-10-6-7-11-5-3-8-12(11)9-10/h2,4,9,11H,3,5-8H2,1H3/b4-2+. The molecule has 0 saturated carbocycles. The summed E-state index contributed by atoms with van der Waals surface area (Å²) < 4.78 is 0. The first-order valence-electron chi connectivity index (χ1n) is 4.99. The lowest BCUT2D eigenvalue weighted by atomic mass is 10.0. The molecule has 2 aliphatic rings. The van der Waals surface area contributed by atoms with Gasteiger partial charge in [0.25, 0.3) is 0 Å². The predicted molar refractivity (Wildman–Crippen MR) is 51.9 cm³/mol. The summed E-state index contributed by atoms with van der Waals surface area (Å²) in [7, 11) is 0. The highest BCUT2D eigenvalue weighted by Gasteiger charge is 2.24. The van der Waals surface area contributed by atoms with Crippen molar-refractivity contribution in [2.24, 2.45) is 0 Å². The third-order valence-corrected chi connectivity index (χ3v) is 2.90. The van der Waals surface area contributed by atoms with Gasteiger partial charge in [0, 0.05) is 18.8 Å². The Bertz CT molecular complexity index is 215. The number of hydrogen-bond acceptors (Lipinski definition) is 1. The van der Waals surface area contributed by atoms with Gasteiger partial charge in [-0.2, -0.15) is 0 Å². The van der Waals surface area contributed by atoms with Crippen LogP contribution >= 0.6 is 0 Å². The molecule has 2 aliphatic heterocycles. The molecule has 0 aromatic carbocycles. The van der Waals surface area contributed by atoms with Crippen molar-refractivity contribution >= 4 is 0 Å². The molecule has 0 spiro atoms. The Balaban J connectivity index is 2.09. The van der Waals surface area contributed by atoms with Crippen molar-refractivity contribution in [2.75, 3.05) is 6.54 Å². The minimum atomic E-state index is 0.874. The molecule has 1 unspecified atom stereocenters. The van der Waals surface area contributed by atoms with Crippen molar-refractivity contribution in [1.29, 1.82) is 0 Å². The molecule has 1 nitrogen and oxygen atoms in total. The zero-order chi connectivity index (χ0) is 8.39. The SMILES string of the molecule is C/C=C/C1=CN2CCCC2CC1. The van der Waals surface area contributed by atoms with Crippen molar-refractivity contribution in [3.8, 4) is 0 Å². The van der Waals surface area contributed by atoms with E-state index in [1.54, 1.807) is 0 Å². The normalized spacial score (nSPS) is 29.2. The van der Waals surface area contributed by atoms with E-state index in [0.29, 0.717) is 0 Å². The van der Waals surface area contributed by atoms with Crippen LogP contribution < -0.4 is 0 Å². The van der Waals surface area contributed by atoms with Gasteiger partial charge in [-0.05, 0) is 38.2 Å². The van der Waals surface area contributed by atoms with E-state index >= 15 is 0 Å². The molecular formula is C11H17N. The van der Waals surface area contributed by atoms with Crippen LogP contribution in [-0.2, 0) is 0 Å². The number of fused-ring (bicyclic) bond motifs is 1. The maximum absolute atomic E-state index is 2.53. The smallest absolute Gasteiger partial charge is 0.0288 e. The Morgan fingerprint density at radius 1 is 1.50 bits per heavy atom. The molecule has 2 heterocycles. The molecule has 1 atom stereocenters. The molecule has 0 aliphatic carbocycles. The third kappa shape index (κ3) is 1.40. The summed E-state index contributed by atoms with van der Waals surface area (Å²) in [6.45, 7) is 3.38. The summed E-state index contributed by atoms with van der Waals surface area (Å²) in [6, 6.07) is 0.874. The summed E-state index contributed by atoms with van der Waals surface area (Å²) in [5, 5.41) is 0. The van der Waals surface area contributed by atoms with Crippen molar-refractivity contribution < 1.29 is 0 Å². The molecule has 0 aromatic rings. The van der Waals surface area contributed by atoms with Crippen LogP contribution in [0.4, 0.5) is 0 Å². The van der Waals surface area contributed by atoms with E-state index in [9.17, 15) is 0 Å². The van der Waals surface area contributed by atoms with Gasteiger partial charge in [-0.25, -0.2) is 0 Å². The largest absolute Gasteiger partial charge is 0.374 e. The zero-order valence-electron chi connectivity index (χ0n) is 7.79. The number of allylic oxidation sites excluding steroid dienone is 3. The van der Waals surface area contributed by atoms with E-state index in [-0.39, 0.29) is 0 Å². The highest BCUT2D eigenvalue weighted by atomic mass is 15.2. The lowest BCUT2D eigenvalue weighted by Crippen LogP contribution is -2.27. The van der Waals surface area contributed by atoms with Crippen LogP contribution in [0, 0.1) is 0 Å². The molecule has 0 N–H and O–H groups in total. The Morgan fingerprint density at radius 2 is 2.42 bits per heavy atom. The van der Waals surface area contributed by atoms with E-state index < -0.39 is 0 Å². The second kappa shape index (κ2) is 3.34. The van der Waals surface area contributed by atoms with Gasteiger partial charge in [-0.3, -0.25) is 0 Å². The summed E-state index contributed by atoms with van der Waals surface area (Å²) in [4.78, 5) is 2.53. The van der Waals surface area contributed by atoms with Crippen LogP contribution in [0.3, 0.4) is 0 Å². The molecule has 1 saturated heterocycles. The van der Waals surface area contributed by atoms with E-state index in [1.165, 1.54) is 37.8 Å². The van der Waals surface area contributed by atoms with Crippen LogP contribution in [-0.4, -0.2) is 17.5 Å². The minimum absolute atomic E-state index is 0.874. The van der Waals surface area contributed by atoms with E-state index in [0.717, 1.165) is 6.04 Å². The molecule has 1 fully saturated rings. The monoisotopic (exact) mass is 163 g/mol. The molecule has 2 rings (SSSR count). The molecule has 0 radical (unpaired) electrons. The van der Waals surface area contributed by atoms with Gasteiger partial charge in [-0.15, -0.1) is 0 Å². The maximum Gasteiger partial charge on any atom is 0.0288 e. The molecule has 0 amide bonds. The highest BCUT2D eigenvalue weighted by Crippen LogP contribution is 2.28. The van der Waals surface area contributed by atoms with Gasteiger partial charge < -0.3 is 4.90 Å². The van der Waals surface area contributed by atoms with Crippen molar-refractivity contribution in [3.63, 3.8) is 0 Å². The van der Waals surface area contributed by atoms with Crippen LogP contribution in [0.1, 0.15) is 32.6 Å². The van der Waals surface area contributed by atoms with Crippen LogP contribution in [0.25, 0.3) is 0 Å². The van der Waals surface area contributed by atoms with Gasteiger partial charge in [0.2, 0.25) is 0 Å². The van der Waals surface area contributed by atoms with Crippen molar-refractivity contribution in [1.82, 2.24) is 4.90 Å². The molecule has 66 valence electrons. The molecule has 12 heavy (non-hydrogen) atoms. The van der Waals surface area contributed by atoms with E-state index in [4.69, 9.17) is 0 Å². The molecule has 0 bridgehead atoms. The quantitative estimate of drug-likeness (QED) is 0.574. The Kier molecular flexibility index (Phi) is 2.20. The van der Waals surface area contributed by atoms with E-state index in [1.807, 2.05) is 0 Å². The van der Waals surface area contributed by atoms with Crippen molar-refractivity contribution in [2.45, 2.75) is 38.6 Å². The first-order valence-corrected chi connectivity index (χ1v) is 4.99. The average molecular weight is 163 g/mol. The number of rotatable bonds is 1. The fourth-order valence-electron chi connectivity index (χ4n) is 2.29. The average Bonchev–Trinajstić information content (AvgIpc) is 2.51. The second-order valence-electron chi connectivity index (χ2n) is 3.78. The summed E-state index contributed by atoms with van der Waals surface area (Å²) >= 11 is 0. The fourth-order valence-corrected chi connectivity index (χ4v) is 2.29. The van der Waals surface area contributed by atoms with E-state index in [2.05, 4.69) is 30.2 Å². The first-order chi connectivity index (χ1) is 5.90. The third-order valence-electron chi connectivity index (χ3n) is 2.90. The Hall–Kier alpha value is -0.720.